The van der Waals surface area contributed by atoms with E-state index in [4.69, 9.17) is 15.2 Å². The lowest BCUT2D eigenvalue weighted by Crippen LogP contribution is -2.38. The molecule has 0 aliphatic rings. The monoisotopic (exact) mass is 265 g/mol. The molecule has 0 amide bonds. The molecular weight excluding hydrogens is 242 g/mol. The van der Waals surface area contributed by atoms with E-state index in [-0.39, 0.29) is 0 Å². The van der Waals surface area contributed by atoms with Crippen LogP contribution in [0.5, 0.6) is 5.75 Å². The zero-order valence-electron chi connectivity index (χ0n) is 12.3. The Morgan fingerprint density at radius 3 is 2.53 bits per heavy atom. The van der Waals surface area contributed by atoms with Gasteiger partial charge in [0.25, 0.3) is 0 Å². The predicted octanol–water partition coefficient (Wildman–Crippen LogP) is 2.22. The van der Waals surface area contributed by atoms with Crippen LogP contribution in [0.1, 0.15) is 31.9 Å². The molecule has 0 fully saturated rings. The topological polar surface area (TPSA) is 61.5 Å². The molecule has 0 bridgehead atoms. The minimum Gasteiger partial charge on any atom is -0.496 e. The third kappa shape index (κ3) is 4.91. The molecule has 0 spiro atoms. The van der Waals surface area contributed by atoms with Gasteiger partial charge >= 0.3 is 5.97 Å². The smallest absolute Gasteiger partial charge is 0.323 e. The molecule has 0 aromatic heterocycles. The molecule has 1 aromatic rings. The minimum atomic E-state index is -0.685. The highest BCUT2D eigenvalue weighted by Crippen LogP contribution is 2.21. The van der Waals surface area contributed by atoms with Gasteiger partial charge in [-0.2, -0.15) is 0 Å². The van der Waals surface area contributed by atoms with Crippen LogP contribution in [-0.2, 0) is 16.0 Å². The highest BCUT2D eigenvalue weighted by Gasteiger charge is 2.23. The number of methoxy groups -OCH3 is 1. The van der Waals surface area contributed by atoms with Crippen molar-refractivity contribution in [3.05, 3.63) is 29.3 Å². The van der Waals surface area contributed by atoms with E-state index in [1.165, 1.54) is 0 Å². The normalized spacial score (nSPS) is 12.9. The van der Waals surface area contributed by atoms with E-state index in [9.17, 15) is 4.79 Å². The molecule has 1 unspecified atom stereocenters. The van der Waals surface area contributed by atoms with Crippen molar-refractivity contribution in [1.29, 1.82) is 0 Å². The highest BCUT2D eigenvalue weighted by molar-refractivity contribution is 5.76. The van der Waals surface area contributed by atoms with E-state index in [1.54, 1.807) is 7.11 Å². The maximum Gasteiger partial charge on any atom is 0.323 e. The van der Waals surface area contributed by atoms with E-state index in [1.807, 2.05) is 45.9 Å². The molecule has 19 heavy (non-hydrogen) atoms. The van der Waals surface area contributed by atoms with Crippen molar-refractivity contribution >= 4 is 5.97 Å². The van der Waals surface area contributed by atoms with Crippen LogP contribution in [0.15, 0.2) is 18.2 Å². The zero-order valence-corrected chi connectivity index (χ0v) is 12.3. The maximum absolute atomic E-state index is 11.9. The Morgan fingerprint density at radius 1 is 1.37 bits per heavy atom. The highest BCUT2D eigenvalue weighted by atomic mass is 16.6. The first-order chi connectivity index (χ1) is 8.73. The summed E-state index contributed by atoms with van der Waals surface area (Å²) in [4.78, 5) is 11.9. The van der Waals surface area contributed by atoms with Crippen molar-refractivity contribution in [2.75, 3.05) is 7.11 Å². The van der Waals surface area contributed by atoms with Gasteiger partial charge in [0.05, 0.1) is 7.11 Å². The third-order valence-corrected chi connectivity index (χ3v) is 2.59. The largest absolute Gasteiger partial charge is 0.496 e. The Hall–Kier alpha value is -1.55. The average molecular weight is 265 g/mol. The number of nitrogens with two attached hydrogens (primary N) is 1. The SMILES string of the molecule is COc1ccc(C)cc1CC(N)C(=O)OC(C)(C)C. The van der Waals surface area contributed by atoms with Crippen molar-refractivity contribution < 1.29 is 14.3 Å². The molecule has 0 radical (unpaired) electrons. The molecule has 0 saturated carbocycles. The summed E-state index contributed by atoms with van der Waals surface area (Å²) < 4.78 is 10.5. The number of benzene rings is 1. The Labute approximate surface area is 114 Å². The van der Waals surface area contributed by atoms with Gasteiger partial charge in [-0.25, -0.2) is 0 Å². The third-order valence-electron chi connectivity index (χ3n) is 2.59. The van der Waals surface area contributed by atoms with Crippen LogP contribution in [0.25, 0.3) is 0 Å². The van der Waals surface area contributed by atoms with Gasteiger partial charge in [0.15, 0.2) is 0 Å². The van der Waals surface area contributed by atoms with Gasteiger partial charge in [0, 0.05) is 6.42 Å². The van der Waals surface area contributed by atoms with Gasteiger partial charge in [-0.15, -0.1) is 0 Å². The van der Waals surface area contributed by atoms with Crippen LogP contribution in [0, 0.1) is 6.92 Å². The van der Waals surface area contributed by atoms with E-state index in [0.29, 0.717) is 6.42 Å². The quantitative estimate of drug-likeness (QED) is 0.848. The predicted molar refractivity (Wildman–Crippen MR) is 75.3 cm³/mol. The van der Waals surface area contributed by atoms with E-state index in [0.717, 1.165) is 16.9 Å². The molecule has 1 rings (SSSR count). The number of esters is 1. The van der Waals surface area contributed by atoms with Crippen LogP contribution in [0.4, 0.5) is 0 Å². The second kappa shape index (κ2) is 6.06. The van der Waals surface area contributed by atoms with Crippen LogP contribution in [-0.4, -0.2) is 24.7 Å². The fraction of sp³-hybridized carbons (Fsp3) is 0.533. The van der Waals surface area contributed by atoms with Crippen LogP contribution >= 0.6 is 0 Å². The van der Waals surface area contributed by atoms with Crippen molar-refractivity contribution in [2.24, 2.45) is 5.73 Å². The summed E-state index contributed by atoms with van der Waals surface area (Å²) in [6, 6.07) is 5.13. The van der Waals surface area contributed by atoms with Gasteiger partial charge in [0.1, 0.15) is 17.4 Å². The lowest BCUT2D eigenvalue weighted by Gasteiger charge is -2.22. The summed E-state index contributed by atoms with van der Waals surface area (Å²) in [5, 5.41) is 0. The molecule has 1 atom stereocenters. The molecule has 1 aromatic carbocycles. The molecule has 106 valence electrons. The number of rotatable bonds is 4. The molecule has 0 saturated heterocycles. The molecule has 0 aliphatic carbocycles. The Bertz CT molecular complexity index is 449. The Morgan fingerprint density at radius 2 is 2.00 bits per heavy atom. The van der Waals surface area contributed by atoms with Crippen molar-refractivity contribution in [3.8, 4) is 5.75 Å². The zero-order chi connectivity index (χ0) is 14.6. The molecule has 4 heteroatoms. The van der Waals surface area contributed by atoms with Crippen LogP contribution in [0.3, 0.4) is 0 Å². The first kappa shape index (κ1) is 15.5. The fourth-order valence-corrected chi connectivity index (χ4v) is 1.76. The molecule has 0 aliphatic heterocycles. The second-order valence-electron chi connectivity index (χ2n) is 5.66. The van der Waals surface area contributed by atoms with Gasteiger partial charge < -0.3 is 15.2 Å². The number of carbonyl (C=O) groups excluding carboxylic acids is 1. The fourth-order valence-electron chi connectivity index (χ4n) is 1.76. The standard InChI is InChI=1S/C15H23NO3/c1-10-6-7-13(18-5)11(8-10)9-12(16)14(17)19-15(2,3)4/h6-8,12H,9,16H2,1-5H3. The minimum absolute atomic E-state index is 0.393. The van der Waals surface area contributed by atoms with E-state index in [2.05, 4.69) is 0 Å². The Kier molecular flexibility index (Phi) is 4.95. The number of hydrogen-bond donors (Lipinski definition) is 1. The second-order valence-corrected chi connectivity index (χ2v) is 5.66. The Balaban J connectivity index is 2.79. The van der Waals surface area contributed by atoms with Crippen molar-refractivity contribution in [2.45, 2.75) is 45.8 Å². The number of hydrogen-bond acceptors (Lipinski definition) is 4. The lowest BCUT2D eigenvalue weighted by atomic mass is 10.0. The van der Waals surface area contributed by atoms with E-state index < -0.39 is 17.6 Å². The molecule has 2 N–H and O–H groups in total. The van der Waals surface area contributed by atoms with E-state index >= 15 is 0 Å². The molecular formula is C15H23NO3. The lowest BCUT2D eigenvalue weighted by molar-refractivity contribution is -0.156. The average Bonchev–Trinajstić information content (AvgIpc) is 2.27. The molecule has 4 nitrogen and oxygen atoms in total. The maximum atomic E-state index is 11.9. The first-order valence-electron chi connectivity index (χ1n) is 6.35. The summed E-state index contributed by atoms with van der Waals surface area (Å²) >= 11 is 0. The van der Waals surface area contributed by atoms with Gasteiger partial charge in [-0.3, -0.25) is 4.79 Å². The molecule has 0 heterocycles. The summed E-state index contributed by atoms with van der Waals surface area (Å²) in [6.45, 7) is 7.46. The number of aryl methyl sites for hydroxylation is 1. The number of carbonyl (C=O) groups is 1. The summed E-state index contributed by atoms with van der Waals surface area (Å²) in [5.74, 6) is 0.348. The summed E-state index contributed by atoms with van der Waals surface area (Å²) in [6.07, 6.45) is 0.403. The number of ether oxygens (including phenoxy) is 2. The van der Waals surface area contributed by atoms with Gasteiger partial charge in [0.2, 0.25) is 0 Å². The van der Waals surface area contributed by atoms with Gasteiger partial charge in [-0.1, -0.05) is 17.7 Å². The first-order valence-corrected chi connectivity index (χ1v) is 6.35. The summed E-state index contributed by atoms with van der Waals surface area (Å²) in [5.41, 5.74) is 7.40. The van der Waals surface area contributed by atoms with Crippen molar-refractivity contribution in [1.82, 2.24) is 0 Å². The van der Waals surface area contributed by atoms with Crippen LogP contribution < -0.4 is 10.5 Å². The van der Waals surface area contributed by atoms with Crippen molar-refractivity contribution in [3.63, 3.8) is 0 Å². The van der Waals surface area contributed by atoms with Crippen LogP contribution in [0.2, 0.25) is 0 Å². The summed E-state index contributed by atoms with van der Waals surface area (Å²) in [7, 11) is 1.60. The van der Waals surface area contributed by atoms with Gasteiger partial charge in [-0.05, 0) is 39.3 Å².